The molecule has 4 heteroatoms. The minimum absolute atomic E-state index is 0.292. The van der Waals surface area contributed by atoms with Crippen molar-refractivity contribution in [3.05, 3.63) is 52.8 Å². The van der Waals surface area contributed by atoms with Gasteiger partial charge in [-0.2, -0.15) is 5.26 Å². The molecule has 0 unspecified atom stereocenters. The van der Waals surface area contributed by atoms with Crippen LogP contribution in [0.3, 0.4) is 0 Å². The molecule has 0 spiro atoms. The lowest BCUT2D eigenvalue weighted by molar-refractivity contribution is 0.286. The molecule has 94 valence electrons. The van der Waals surface area contributed by atoms with Crippen molar-refractivity contribution in [1.29, 1.82) is 5.26 Å². The van der Waals surface area contributed by atoms with E-state index >= 15 is 0 Å². The molecule has 2 aromatic carbocycles. The summed E-state index contributed by atoms with van der Waals surface area (Å²) < 4.78 is 19.7. The standard InChI is InChI=1S/C15H9BrFNO/c16-6-10-2-4-13-12-3-1-9(7-18)5-11(12)8-19-15(13)14(10)17/h1-5H,6,8H2. The molecule has 0 bridgehead atoms. The zero-order valence-electron chi connectivity index (χ0n) is 9.91. The second-order valence-corrected chi connectivity index (χ2v) is 4.88. The van der Waals surface area contributed by atoms with Crippen molar-refractivity contribution in [3.8, 4) is 22.9 Å². The normalized spacial score (nSPS) is 12.1. The minimum Gasteiger partial charge on any atom is -0.485 e. The van der Waals surface area contributed by atoms with E-state index in [1.165, 1.54) is 0 Å². The number of rotatable bonds is 1. The fourth-order valence-corrected chi connectivity index (χ4v) is 2.68. The summed E-state index contributed by atoms with van der Waals surface area (Å²) in [5.74, 6) is -0.0152. The smallest absolute Gasteiger partial charge is 0.169 e. The van der Waals surface area contributed by atoms with E-state index in [0.717, 1.165) is 16.7 Å². The Morgan fingerprint density at radius 2 is 2.05 bits per heavy atom. The van der Waals surface area contributed by atoms with Gasteiger partial charge in [-0.15, -0.1) is 0 Å². The molecule has 0 fully saturated rings. The average Bonchev–Trinajstić information content (AvgIpc) is 2.46. The molecule has 2 aromatic rings. The van der Waals surface area contributed by atoms with Gasteiger partial charge in [-0.1, -0.05) is 34.1 Å². The highest BCUT2D eigenvalue weighted by Gasteiger charge is 2.22. The molecule has 0 atom stereocenters. The third-order valence-corrected chi connectivity index (χ3v) is 3.82. The van der Waals surface area contributed by atoms with Crippen molar-refractivity contribution in [2.45, 2.75) is 11.9 Å². The summed E-state index contributed by atoms with van der Waals surface area (Å²) in [4.78, 5) is 0. The van der Waals surface area contributed by atoms with Crippen molar-refractivity contribution in [3.63, 3.8) is 0 Å². The van der Waals surface area contributed by atoms with E-state index in [0.29, 0.717) is 28.8 Å². The second-order valence-electron chi connectivity index (χ2n) is 4.32. The van der Waals surface area contributed by atoms with Gasteiger partial charge in [-0.05, 0) is 23.3 Å². The number of benzene rings is 2. The van der Waals surface area contributed by atoms with Crippen LogP contribution in [0.25, 0.3) is 11.1 Å². The Hall–Kier alpha value is -1.86. The van der Waals surface area contributed by atoms with Gasteiger partial charge in [-0.3, -0.25) is 0 Å². The average molecular weight is 318 g/mol. The molecule has 0 aliphatic carbocycles. The molecule has 1 aliphatic rings. The van der Waals surface area contributed by atoms with Crippen LogP contribution in [-0.2, 0) is 11.9 Å². The van der Waals surface area contributed by atoms with Crippen LogP contribution in [0.1, 0.15) is 16.7 Å². The van der Waals surface area contributed by atoms with Gasteiger partial charge < -0.3 is 4.74 Å². The van der Waals surface area contributed by atoms with E-state index < -0.39 is 0 Å². The highest BCUT2D eigenvalue weighted by atomic mass is 79.9. The van der Waals surface area contributed by atoms with Gasteiger partial charge in [0.25, 0.3) is 0 Å². The fraction of sp³-hybridized carbons (Fsp3) is 0.133. The highest BCUT2D eigenvalue weighted by Crippen LogP contribution is 2.40. The van der Waals surface area contributed by atoms with Crippen LogP contribution in [0.5, 0.6) is 5.75 Å². The van der Waals surface area contributed by atoms with E-state index in [4.69, 9.17) is 10.00 Å². The van der Waals surface area contributed by atoms with Crippen LogP contribution >= 0.6 is 15.9 Å². The molecule has 0 amide bonds. The summed E-state index contributed by atoms with van der Waals surface area (Å²) in [6, 6.07) is 11.1. The Balaban J connectivity index is 2.20. The van der Waals surface area contributed by atoms with Crippen LogP contribution in [0.4, 0.5) is 4.39 Å². The number of hydrogen-bond acceptors (Lipinski definition) is 2. The summed E-state index contributed by atoms with van der Waals surface area (Å²) in [6.45, 7) is 0.292. The third kappa shape index (κ3) is 1.91. The Labute approximate surface area is 118 Å². The Bertz CT molecular complexity index is 706. The quantitative estimate of drug-likeness (QED) is 0.740. The summed E-state index contributed by atoms with van der Waals surface area (Å²) in [6.07, 6.45) is 0. The predicted molar refractivity (Wildman–Crippen MR) is 73.5 cm³/mol. The van der Waals surface area contributed by atoms with Crippen molar-refractivity contribution >= 4 is 15.9 Å². The summed E-state index contributed by atoms with van der Waals surface area (Å²) in [5, 5.41) is 9.34. The molecule has 1 aliphatic heterocycles. The first-order valence-electron chi connectivity index (χ1n) is 5.78. The molecular formula is C15H9BrFNO. The van der Waals surface area contributed by atoms with Gasteiger partial charge in [0, 0.05) is 16.5 Å². The SMILES string of the molecule is N#Cc1ccc2c(c1)COc1c-2ccc(CBr)c1F. The van der Waals surface area contributed by atoms with Crippen LogP contribution in [0.15, 0.2) is 30.3 Å². The molecule has 0 N–H and O–H groups in total. The van der Waals surface area contributed by atoms with Gasteiger partial charge >= 0.3 is 0 Å². The van der Waals surface area contributed by atoms with E-state index in [1.807, 2.05) is 12.1 Å². The number of nitriles is 1. The minimum atomic E-state index is -0.315. The zero-order valence-corrected chi connectivity index (χ0v) is 11.5. The third-order valence-electron chi connectivity index (χ3n) is 3.22. The topological polar surface area (TPSA) is 33.0 Å². The molecular weight excluding hydrogens is 309 g/mol. The van der Waals surface area contributed by atoms with Gasteiger partial charge in [0.15, 0.2) is 11.6 Å². The van der Waals surface area contributed by atoms with Crippen LogP contribution in [0.2, 0.25) is 0 Å². The number of halogens is 2. The molecule has 0 radical (unpaired) electrons. The van der Waals surface area contributed by atoms with Gasteiger partial charge in [0.1, 0.15) is 6.61 Å². The molecule has 0 aromatic heterocycles. The lowest BCUT2D eigenvalue weighted by atomic mass is 9.94. The van der Waals surface area contributed by atoms with Crippen molar-refractivity contribution in [2.24, 2.45) is 0 Å². The number of nitrogens with zero attached hydrogens (tertiary/aromatic N) is 1. The maximum Gasteiger partial charge on any atom is 0.169 e. The molecule has 0 saturated heterocycles. The largest absolute Gasteiger partial charge is 0.485 e. The van der Waals surface area contributed by atoms with E-state index in [1.54, 1.807) is 18.2 Å². The molecule has 0 saturated carbocycles. The number of ether oxygens (including phenoxy) is 1. The first-order valence-corrected chi connectivity index (χ1v) is 6.90. The number of fused-ring (bicyclic) bond motifs is 3. The van der Waals surface area contributed by atoms with Gasteiger partial charge in [0.2, 0.25) is 0 Å². The Morgan fingerprint density at radius 3 is 2.79 bits per heavy atom. The summed E-state index contributed by atoms with van der Waals surface area (Å²) in [7, 11) is 0. The van der Waals surface area contributed by atoms with Gasteiger partial charge in [-0.25, -0.2) is 4.39 Å². The molecule has 19 heavy (non-hydrogen) atoms. The van der Waals surface area contributed by atoms with Gasteiger partial charge in [0.05, 0.1) is 11.6 Å². The zero-order chi connectivity index (χ0) is 13.4. The molecule has 3 rings (SSSR count). The first-order chi connectivity index (χ1) is 9.24. The maximum absolute atomic E-state index is 14.2. The van der Waals surface area contributed by atoms with E-state index in [-0.39, 0.29) is 5.82 Å². The van der Waals surface area contributed by atoms with Crippen molar-refractivity contribution in [1.82, 2.24) is 0 Å². The highest BCUT2D eigenvalue weighted by molar-refractivity contribution is 9.08. The first kappa shape index (κ1) is 12.2. The van der Waals surface area contributed by atoms with E-state index in [9.17, 15) is 4.39 Å². The fourth-order valence-electron chi connectivity index (χ4n) is 2.25. The monoisotopic (exact) mass is 317 g/mol. The predicted octanol–water partition coefficient (Wildman–Crippen LogP) is 4.15. The van der Waals surface area contributed by atoms with Crippen molar-refractivity contribution in [2.75, 3.05) is 0 Å². The number of alkyl halides is 1. The lowest BCUT2D eigenvalue weighted by Gasteiger charge is -2.22. The lowest BCUT2D eigenvalue weighted by Crippen LogP contribution is -2.08. The maximum atomic E-state index is 14.2. The second kappa shape index (κ2) is 4.67. The summed E-state index contributed by atoms with van der Waals surface area (Å²) in [5.41, 5.74) is 3.75. The Morgan fingerprint density at radius 1 is 1.26 bits per heavy atom. The Kier molecular flexibility index (Phi) is 3.00. The van der Waals surface area contributed by atoms with Crippen molar-refractivity contribution < 1.29 is 9.13 Å². The van der Waals surface area contributed by atoms with Crippen LogP contribution in [0, 0.1) is 17.1 Å². The van der Waals surface area contributed by atoms with Crippen LogP contribution < -0.4 is 4.74 Å². The summed E-state index contributed by atoms with van der Waals surface area (Å²) >= 11 is 3.26. The van der Waals surface area contributed by atoms with E-state index in [2.05, 4.69) is 22.0 Å². The van der Waals surface area contributed by atoms with Crippen LogP contribution in [-0.4, -0.2) is 0 Å². The molecule has 1 heterocycles. The number of hydrogen-bond donors (Lipinski definition) is 0. The molecule has 2 nitrogen and oxygen atoms in total.